The highest BCUT2D eigenvalue weighted by atomic mass is 127. The first-order valence-corrected chi connectivity index (χ1v) is 9.51. The molecule has 1 heterocycles. The number of hydrogen-bond donors (Lipinski definition) is 3. The van der Waals surface area contributed by atoms with Gasteiger partial charge >= 0.3 is 6.03 Å². The molecule has 0 spiro atoms. The number of nitrogens with one attached hydrogen (secondary N) is 3. The van der Waals surface area contributed by atoms with Gasteiger partial charge in [-0.05, 0) is 71.1 Å². The maximum atomic E-state index is 13.7. The summed E-state index contributed by atoms with van der Waals surface area (Å²) in [6.07, 6.45) is 1.48. The Labute approximate surface area is 179 Å². The van der Waals surface area contributed by atoms with Crippen LogP contribution in [0.3, 0.4) is 0 Å². The van der Waals surface area contributed by atoms with Crippen molar-refractivity contribution in [2.24, 2.45) is 0 Å². The number of urea groups is 1. The smallest absolute Gasteiger partial charge is 0.323 e. The van der Waals surface area contributed by atoms with Crippen molar-refractivity contribution in [1.82, 2.24) is 10.3 Å². The van der Waals surface area contributed by atoms with E-state index in [9.17, 15) is 14.0 Å². The van der Waals surface area contributed by atoms with Crippen LogP contribution in [0.2, 0.25) is 0 Å². The summed E-state index contributed by atoms with van der Waals surface area (Å²) in [6, 6.07) is 13.6. The lowest BCUT2D eigenvalue weighted by Gasteiger charge is -2.10. The Morgan fingerprint density at radius 3 is 2.48 bits per heavy atom. The van der Waals surface area contributed by atoms with E-state index in [-0.39, 0.29) is 17.3 Å². The van der Waals surface area contributed by atoms with E-state index in [0.717, 1.165) is 3.57 Å². The zero-order valence-corrected chi connectivity index (χ0v) is 17.4. The number of benzene rings is 2. The van der Waals surface area contributed by atoms with Crippen LogP contribution in [0.5, 0.6) is 11.5 Å². The first kappa shape index (κ1) is 20.5. The maximum Gasteiger partial charge on any atom is 0.323 e. The molecule has 3 rings (SSSR count). The van der Waals surface area contributed by atoms with Crippen molar-refractivity contribution < 1.29 is 18.7 Å². The summed E-state index contributed by atoms with van der Waals surface area (Å²) in [6.45, 7) is 0. The predicted molar refractivity (Wildman–Crippen MR) is 116 cm³/mol. The molecule has 0 bridgehead atoms. The number of anilines is 2. The zero-order valence-electron chi connectivity index (χ0n) is 15.2. The van der Waals surface area contributed by atoms with Crippen molar-refractivity contribution in [3.05, 3.63) is 75.9 Å². The van der Waals surface area contributed by atoms with Crippen LogP contribution in [0.25, 0.3) is 0 Å². The molecular formula is C20H16FIN4O3. The van der Waals surface area contributed by atoms with E-state index in [1.54, 1.807) is 36.4 Å². The minimum atomic E-state index is -0.566. The number of halogens is 2. The Bertz CT molecular complexity index is 1040. The highest BCUT2D eigenvalue weighted by Gasteiger charge is 2.09. The highest BCUT2D eigenvalue weighted by Crippen LogP contribution is 2.23. The lowest BCUT2D eigenvalue weighted by Crippen LogP contribution is -2.20. The average molecular weight is 506 g/mol. The fraction of sp³-hybridized carbons (Fsp3) is 0.0500. The summed E-state index contributed by atoms with van der Waals surface area (Å²) >= 11 is 2.03. The summed E-state index contributed by atoms with van der Waals surface area (Å²) in [5.74, 6) is 0.128. The van der Waals surface area contributed by atoms with Crippen LogP contribution in [-0.4, -0.2) is 24.0 Å². The number of carbonyl (C=O) groups excluding carboxylic acids is 2. The van der Waals surface area contributed by atoms with Gasteiger partial charge < -0.3 is 20.7 Å². The molecule has 9 heteroatoms. The van der Waals surface area contributed by atoms with Gasteiger partial charge in [0.25, 0.3) is 5.91 Å². The molecule has 0 aliphatic rings. The van der Waals surface area contributed by atoms with Crippen LogP contribution in [0.15, 0.2) is 60.8 Å². The average Bonchev–Trinajstić information content (AvgIpc) is 2.72. The van der Waals surface area contributed by atoms with E-state index in [4.69, 9.17) is 4.74 Å². The monoisotopic (exact) mass is 506 g/mol. The third-order valence-corrected chi connectivity index (χ3v) is 4.39. The van der Waals surface area contributed by atoms with Crippen LogP contribution < -0.4 is 20.7 Å². The van der Waals surface area contributed by atoms with Crippen molar-refractivity contribution in [2.45, 2.75) is 0 Å². The van der Waals surface area contributed by atoms with Gasteiger partial charge in [0.15, 0.2) is 0 Å². The van der Waals surface area contributed by atoms with Crippen molar-refractivity contribution in [2.75, 3.05) is 17.7 Å². The van der Waals surface area contributed by atoms with Gasteiger partial charge in [-0.1, -0.05) is 0 Å². The zero-order chi connectivity index (χ0) is 20.8. The fourth-order valence-electron chi connectivity index (χ4n) is 2.35. The van der Waals surface area contributed by atoms with Crippen molar-refractivity contribution >= 4 is 45.9 Å². The van der Waals surface area contributed by atoms with Crippen LogP contribution in [0, 0.1) is 9.39 Å². The molecule has 0 saturated carbocycles. The van der Waals surface area contributed by atoms with Gasteiger partial charge in [0.1, 0.15) is 23.0 Å². The lowest BCUT2D eigenvalue weighted by atomic mass is 10.3. The van der Waals surface area contributed by atoms with Gasteiger partial charge in [0, 0.05) is 28.6 Å². The third kappa shape index (κ3) is 5.64. The second-order valence-electron chi connectivity index (χ2n) is 5.79. The van der Waals surface area contributed by atoms with Crippen molar-refractivity contribution in [1.29, 1.82) is 0 Å². The molecule has 0 unspecified atom stereocenters. The summed E-state index contributed by atoms with van der Waals surface area (Å²) in [4.78, 5) is 27.7. The van der Waals surface area contributed by atoms with Gasteiger partial charge in [0.2, 0.25) is 0 Å². The number of aromatic nitrogens is 1. The topological polar surface area (TPSA) is 92.4 Å². The van der Waals surface area contributed by atoms with E-state index in [0.29, 0.717) is 17.2 Å². The van der Waals surface area contributed by atoms with Gasteiger partial charge in [0.05, 0.1) is 5.69 Å². The van der Waals surface area contributed by atoms with E-state index < -0.39 is 11.8 Å². The normalized spacial score (nSPS) is 10.2. The predicted octanol–water partition coefficient (Wildman–Crippen LogP) is 4.62. The molecule has 0 radical (unpaired) electrons. The van der Waals surface area contributed by atoms with Crippen molar-refractivity contribution in [3.8, 4) is 11.5 Å². The van der Waals surface area contributed by atoms with Crippen LogP contribution in [0.1, 0.15) is 10.5 Å². The number of hydrogen-bond acceptors (Lipinski definition) is 4. The summed E-state index contributed by atoms with van der Waals surface area (Å²) in [5, 5.41) is 7.59. The van der Waals surface area contributed by atoms with Crippen LogP contribution in [0.4, 0.5) is 20.6 Å². The standard InChI is InChI=1S/C20H16FIN4O3/c1-23-19(27)18-11-15(8-9-24-18)29-14-5-3-13(4-6-14)25-20(28)26-17-10-12(22)2-7-16(17)21/h2-11H,1H3,(H,23,27)(H2,25,26,28). The fourth-order valence-corrected chi connectivity index (χ4v) is 2.84. The maximum absolute atomic E-state index is 13.7. The van der Waals surface area contributed by atoms with Gasteiger partial charge in [-0.3, -0.25) is 9.78 Å². The van der Waals surface area contributed by atoms with Crippen LogP contribution in [-0.2, 0) is 0 Å². The molecule has 0 fully saturated rings. The van der Waals surface area contributed by atoms with E-state index in [1.807, 2.05) is 22.6 Å². The van der Waals surface area contributed by atoms with Gasteiger partial charge in [-0.2, -0.15) is 0 Å². The molecule has 0 aliphatic carbocycles. The molecule has 0 saturated heterocycles. The molecule has 1 aromatic heterocycles. The summed E-state index contributed by atoms with van der Waals surface area (Å²) in [5.41, 5.74) is 0.836. The molecule has 7 nitrogen and oxygen atoms in total. The first-order chi connectivity index (χ1) is 13.9. The Morgan fingerprint density at radius 1 is 1.00 bits per heavy atom. The lowest BCUT2D eigenvalue weighted by molar-refractivity contribution is 0.0958. The Balaban J connectivity index is 1.62. The second-order valence-corrected chi connectivity index (χ2v) is 7.03. The molecule has 2 aromatic carbocycles. The number of carbonyl (C=O) groups is 2. The minimum Gasteiger partial charge on any atom is -0.457 e. The minimum absolute atomic E-state index is 0.0963. The number of pyridine rings is 1. The number of ether oxygens (including phenoxy) is 1. The Hall–Kier alpha value is -3.21. The Kier molecular flexibility index (Phi) is 6.60. The molecule has 148 valence electrons. The summed E-state index contributed by atoms with van der Waals surface area (Å²) < 4.78 is 20.2. The summed E-state index contributed by atoms with van der Waals surface area (Å²) in [7, 11) is 1.52. The SMILES string of the molecule is CNC(=O)c1cc(Oc2ccc(NC(=O)Nc3cc(I)ccc3F)cc2)ccn1. The van der Waals surface area contributed by atoms with E-state index >= 15 is 0 Å². The third-order valence-electron chi connectivity index (χ3n) is 3.72. The second kappa shape index (κ2) is 9.32. The van der Waals surface area contributed by atoms with Gasteiger partial charge in [-0.25, -0.2) is 9.18 Å². The largest absolute Gasteiger partial charge is 0.457 e. The van der Waals surface area contributed by atoms with E-state index in [1.165, 1.54) is 31.4 Å². The quantitative estimate of drug-likeness (QED) is 0.441. The molecular weight excluding hydrogens is 490 g/mol. The number of nitrogens with zero attached hydrogens (tertiary/aromatic N) is 1. The molecule has 3 amide bonds. The molecule has 3 aromatic rings. The molecule has 0 aliphatic heterocycles. The number of rotatable bonds is 5. The van der Waals surface area contributed by atoms with Gasteiger partial charge in [-0.15, -0.1) is 0 Å². The first-order valence-electron chi connectivity index (χ1n) is 8.44. The van der Waals surface area contributed by atoms with E-state index in [2.05, 4.69) is 20.9 Å². The molecule has 0 atom stereocenters. The number of amides is 3. The molecule has 29 heavy (non-hydrogen) atoms. The highest BCUT2D eigenvalue weighted by molar-refractivity contribution is 14.1. The van der Waals surface area contributed by atoms with Crippen LogP contribution >= 0.6 is 22.6 Å². The molecule has 3 N–H and O–H groups in total. The Morgan fingerprint density at radius 2 is 1.76 bits per heavy atom. The van der Waals surface area contributed by atoms with Crippen molar-refractivity contribution in [3.63, 3.8) is 0 Å².